The van der Waals surface area contributed by atoms with E-state index in [0.29, 0.717) is 19.0 Å². The molecule has 1 saturated heterocycles. The highest BCUT2D eigenvalue weighted by Gasteiger charge is 2.41. The van der Waals surface area contributed by atoms with E-state index in [0.717, 1.165) is 5.56 Å². The minimum Gasteiger partial charge on any atom is -0.458 e. The Kier molecular flexibility index (Phi) is 6.27. The number of hydrogen-bond donors (Lipinski definition) is 0. The van der Waals surface area contributed by atoms with E-state index in [1.165, 1.54) is 13.8 Å². The lowest BCUT2D eigenvalue weighted by molar-refractivity contribution is -0.163. The number of benzene rings is 1. The molecule has 0 aliphatic carbocycles. The van der Waals surface area contributed by atoms with E-state index in [2.05, 4.69) is 0 Å². The van der Waals surface area contributed by atoms with E-state index in [9.17, 15) is 9.59 Å². The lowest BCUT2D eigenvalue weighted by Crippen LogP contribution is -2.38. The van der Waals surface area contributed by atoms with Gasteiger partial charge in [-0.2, -0.15) is 0 Å². The summed E-state index contributed by atoms with van der Waals surface area (Å²) in [5.41, 5.74) is 1.09. The van der Waals surface area contributed by atoms with Crippen LogP contribution in [0.25, 0.3) is 0 Å². The van der Waals surface area contributed by atoms with Crippen molar-refractivity contribution in [1.29, 1.82) is 0 Å². The summed E-state index contributed by atoms with van der Waals surface area (Å²) in [5, 5.41) is -0.0306. The second-order valence-corrected chi connectivity index (χ2v) is 6.37. The third kappa shape index (κ3) is 5.03. The van der Waals surface area contributed by atoms with Crippen molar-refractivity contribution >= 4 is 23.7 Å². The van der Waals surface area contributed by atoms with E-state index in [-0.39, 0.29) is 17.2 Å². The topological polar surface area (TPSA) is 61.8 Å². The van der Waals surface area contributed by atoms with Crippen molar-refractivity contribution in [1.82, 2.24) is 0 Å². The van der Waals surface area contributed by atoms with Gasteiger partial charge in [-0.25, -0.2) is 0 Å². The standard InChI is InChI=1S/C16H20O5S/c1-11(17)20-14-10-22-15(16(14)21-12(2)18)9-19-8-13-6-4-3-5-7-13/h3-7,14-16H,8-10H2,1-2H3/t14-,15+,16-/m1/s1. The Morgan fingerprint density at radius 1 is 1.14 bits per heavy atom. The second-order valence-electron chi connectivity index (χ2n) is 5.09. The Morgan fingerprint density at radius 2 is 1.82 bits per heavy atom. The van der Waals surface area contributed by atoms with Crippen LogP contribution in [0.3, 0.4) is 0 Å². The number of ether oxygens (including phenoxy) is 3. The van der Waals surface area contributed by atoms with Crippen LogP contribution in [0.4, 0.5) is 0 Å². The average Bonchev–Trinajstić information content (AvgIpc) is 2.81. The molecule has 3 atom stereocenters. The molecule has 2 rings (SSSR count). The zero-order valence-electron chi connectivity index (χ0n) is 12.7. The molecule has 1 aliphatic heterocycles. The minimum absolute atomic E-state index is 0.0306. The van der Waals surface area contributed by atoms with Crippen LogP contribution in [0.15, 0.2) is 30.3 Å². The minimum atomic E-state index is -0.456. The zero-order valence-corrected chi connectivity index (χ0v) is 13.5. The third-order valence-electron chi connectivity index (χ3n) is 3.22. The molecule has 1 aliphatic rings. The number of carbonyl (C=O) groups excluding carboxylic acids is 2. The highest BCUT2D eigenvalue weighted by atomic mass is 32.2. The first-order chi connectivity index (χ1) is 10.6. The number of carbonyl (C=O) groups is 2. The highest BCUT2D eigenvalue weighted by molar-refractivity contribution is 8.00. The molecule has 1 aromatic carbocycles. The molecule has 1 heterocycles. The Balaban J connectivity index is 1.88. The maximum Gasteiger partial charge on any atom is 0.303 e. The van der Waals surface area contributed by atoms with E-state index in [4.69, 9.17) is 14.2 Å². The summed E-state index contributed by atoms with van der Waals surface area (Å²) in [6, 6.07) is 9.86. The summed E-state index contributed by atoms with van der Waals surface area (Å²) in [6.45, 7) is 3.66. The Morgan fingerprint density at radius 3 is 2.45 bits per heavy atom. The normalized spacial score (nSPS) is 24.0. The second kappa shape index (κ2) is 8.19. The van der Waals surface area contributed by atoms with Crippen LogP contribution in [0.5, 0.6) is 0 Å². The largest absolute Gasteiger partial charge is 0.458 e. The molecule has 6 heteroatoms. The first-order valence-corrected chi connectivity index (χ1v) is 8.19. The van der Waals surface area contributed by atoms with Gasteiger partial charge >= 0.3 is 11.9 Å². The Bertz CT molecular complexity index is 505. The van der Waals surface area contributed by atoms with Crippen molar-refractivity contribution in [2.24, 2.45) is 0 Å². The van der Waals surface area contributed by atoms with Crippen molar-refractivity contribution in [3.05, 3.63) is 35.9 Å². The molecule has 120 valence electrons. The van der Waals surface area contributed by atoms with Crippen LogP contribution < -0.4 is 0 Å². The third-order valence-corrected chi connectivity index (χ3v) is 4.57. The predicted octanol–water partition coefficient (Wildman–Crippen LogP) is 2.18. The quantitative estimate of drug-likeness (QED) is 0.748. The van der Waals surface area contributed by atoms with Crippen LogP contribution in [-0.4, -0.2) is 41.8 Å². The van der Waals surface area contributed by atoms with Crippen LogP contribution in [0, 0.1) is 0 Å². The van der Waals surface area contributed by atoms with Crippen molar-refractivity contribution in [2.75, 3.05) is 12.4 Å². The maximum absolute atomic E-state index is 11.3. The molecule has 0 radical (unpaired) electrons. The number of thioether (sulfide) groups is 1. The summed E-state index contributed by atoms with van der Waals surface area (Å²) in [7, 11) is 0. The molecular formula is C16H20O5S. The molecule has 0 amide bonds. The van der Waals surface area contributed by atoms with E-state index in [1.54, 1.807) is 11.8 Å². The fourth-order valence-corrected chi connectivity index (χ4v) is 3.62. The molecule has 0 saturated carbocycles. The summed E-state index contributed by atoms with van der Waals surface area (Å²) in [4.78, 5) is 22.4. The molecule has 0 bridgehead atoms. The van der Waals surface area contributed by atoms with Crippen molar-refractivity contribution in [3.8, 4) is 0 Å². The fourth-order valence-electron chi connectivity index (χ4n) is 2.32. The maximum atomic E-state index is 11.3. The van der Waals surface area contributed by atoms with Gasteiger partial charge in [0.1, 0.15) is 6.10 Å². The van der Waals surface area contributed by atoms with Crippen molar-refractivity contribution in [2.45, 2.75) is 37.9 Å². The molecule has 0 unspecified atom stereocenters. The fraction of sp³-hybridized carbons (Fsp3) is 0.500. The Labute approximate surface area is 134 Å². The monoisotopic (exact) mass is 324 g/mol. The van der Waals surface area contributed by atoms with Crippen LogP contribution in [0.2, 0.25) is 0 Å². The van der Waals surface area contributed by atoms with E-state index >= 15 is 0 Å². The van der Waals surface area contributed by atoms with Gasteiger partial charge in [0.15, 0.2) is 6.10 Å². The molecule has 5 nitrogen and oxygen atoms in total. The summed E-state index contributed by atoms with van der Waals surface area (Å²) in [6.07, 6.45) is -0.862. The van der Waals surface area contributed by atoms with Gasteiger partial charge in [0, 0.05) is 19.6 Å². The van der Waals surface area contributed by atoms with Gasteiger partial charge in [0.2, 0.25) is 0 Å². The van der Waals surface area contributed by atoms with Crippen LogP contribution in [0.1, 0.15) is 19.4 Å². The first kappa shape index (κ1) is 16.8. The molecule has 0 N–H and O–H groups in total. The van der Waals surface area contributed by atoms with Crippen molar-refractivity contribution < 1.29 is 23.8 Å². The molecule has 0 spiro atoms. The summed E-state index contributed by atoms with van der Waals surface area (Å²) in [5.74, 6) is -0.136. The van der Waals surface area contributed by atoms with Gasteiger partial charge in [-0.05, 0) is 5.56 Å². The van der Waals surface area contributed by atoms with Gasteiger partial charge in [-0.1, -0.05) is 30.3 Å². The van der Waals surface area contributed by atoms with Gasteiger partial charge in [0.05, 0.1) is 18.5 Å². The van der Waals surface area contributed by atoms with Crippen molar-refractivity contribution in [3.63, 3.8) is 0 Å². The smallest absolute Gasteiger partial charge is 0.303 e. The SMILES string of the molecule is CC(=O)O[C@H]1[C@H](COCc2ccccc2)SC[C@H]1OC(C)=O. The molecule has 22 heavy (non-hydrogen) atoms. The summed E-state index contributed by atoms with van der Waals surface area (Å²) < 4.78 is 16.3. The Hall–Kier alpha value is -1.53. The highest BCUT2D eigenvalue weighted by Crippen LogP contribution is 2.32. The predicted molar refractivity (Wildman–Crippen MR) is 83.5 cm³/mol. The van der Waals surface area contributed by atoms with Gasteiger partial charge in [0.25, 0.3) is 0 Å². The molecular weight excluding hydrogens is 304 g/mol. The summed E-state index contributed by atoms with van der Waals surface area (Å²) >= 11 is 1.60. The average molecular weight is 324 g/mol. The van der Waals surface area contributed by atoms with Gasteiger partial charge < -0.3 is 14.2 Å². The number of esters is 2. The molecule has 1 aromatic rings. The molecule has 0 aromatic heterocycles. The first-order valence-electron chi connectivity index (χ1n) is 7.14. The van der Waals surface area contributed by atoms with Gasteiger partial charge in [-0.3, -0.25) is 9.59 Å². The molecule has 1 fully saturated rings. The van der Waals surface area contributed by atoms with Crippen LogP contribution >= 0.6 is 11.8 Å². The van der Waals surface area contributed by atoms with E-state index in [1.807, 2.05) is 30.3 Å². The number of hydrogen-bond acceptors (Lipinski definition) is 6. The lowest BCUT2D eigenvalue weighted by atomic mass is 10.1. The van der Waals surface area contributed by atoms with Crippen LogP contribution in [-0.2, 0) is 30.4 Å². The van der Waals surface area contributed by atoms with Gasteiger partial charge in [-0.15, -0.1) is 11.8 Å². The number of rotatable bonds is 6. The lowest BCUT2D eigenvalue weighted by Gasteiger charge is -2.23. The van der Waals surface area contributed by atoms with E-state index < -0.39 is 12.2 Å². The zero-order chi connectivity index (χ0) is 15.9.